The zero-order valence-electron chi connectivity index (χ0n) is 19.9. The van der Waals surface area contributed by atoms with Crippen LogP contribution in [0, 0.1) is 0 Å². The molecule has 2 heterocycles. The van der Waals surface area contributed by atoms with E-state index in [2.05, 4.69) is 26.0 Å². The number of rotatable bonds is 6. The maximum atomic E-state index is 13.5. The number of carbonyl (C=O) groups is 1. The van der Waals surface area contributed by atoms with Crippen molar-refractivity contribution in [2.24, 2.45) is 5.10 Å². The normalized spacial score (nSPS) is 12.3. The molecule has 5 rings (SSSR count). The third-order valence-corrected chi connectivity index (χ3v) is 6.73. The molecule has 0 fully saturated rings. The molecule has 0 spiro atoms. The Morgan fingerprint density at radius 3 is 2.71 bits per heavy atom. The summed E-state index contributed by atoms with van der Waals surface area (Å²) in [6.45, 7) is 1.55. The molecular formula is C27H18BrCl2N3O5. The SMILES string of the molecule is COC(=O)[C@H](C)Oc1c(Cl)cc(C=Nn2c(-c3cc4cc(Cl)ccc4o3)nc3ccccc3c2=O)cc1Br. The first-order valence-electron chi connectivity index (χ1n) is 11.2. The predicted molar refractivity (Wildman–Crippen MR) is 150 cm³/mol. The predicted octanol–water partition coefficient (Wildman–Crippen LogP) is 6.70. The number of aromatic nitrogens is 2. The van der Waals surface area contributed by atoms with Gasteiger partial charge in [0.2, 0.25) is 5.82 Å². The Bertz CT molecular complexity index is 1770. The van der Waals surface area contributed by atoms with Crippen molar-refractivity contribution in [1.29, 1.82) is 0 Å². The summed E-state index contributed by atoms with van der Waals surface area (Å²) in [6.07, 6.45) is 0.599. The number of esters is 1. The second-order valence-corrected chi connectivity index (χ2v) is 9.90. The summed E-state index contributed by atoms with van der Waals surface area (Å²) in [7, 11) is 1.27. The van der Waals surface area contributed by atoms with E-state index in [9.17, 15) is 9.59 Å². The number of furan rings is 1. The van der Waals surface area contributed by atoms with E-state index in [0.29, 0.717) is 37.3 Å². The molecular weight excluding hydrogens is 597 g/mol. The van der Waals surface area contributed by atoms with Crippen LogP contribution in [-0.2, 0) is 9.53 Å². The molecule has 0 unspecified atom stereocenters. The third-order valence-electron chi connectivity index (χ3n) is 5.62. The van der Waals surface area contributed by atoms with Crippen LogP contribution in [0.3, 0.4) is 0 Å². The molecule has 38 heavy (non-hydrogen) atoms. The summed E-state index contributed by atoms with van der Waals surface area (Å²) >= 11 is 16.0. The molecule has 5 aromatic rings. The minimum atomic E-state index is -0.864. The summed E-state index contributed by atoms with van der Waals surface area (Å²) in [5, 5.41) is 6.39. The number of benzene rings is 3. The van der Waals surface area contributed by atoms with E-state index in [4.69, 9.17) is 37.1 Å². The van der Waals surface area contributed by atoms with Crippen LogP contribution in [0.4, 0.5) is 0 Å². The number of hydrogen-bond acceptors (Lipinski definition) is 7. The average Bonchev–Trinajstić information content (AvgIpc) is 3.32. The Labute approximate surface area is 234 Å². The quantitative estimate of drug-likeness (QED) is 0.156. The standard InChI is InChI=1S/C27H18BrCl2N3O5/c1-14(27(35)36-2)37-24-19(28)9-15(10-20(24)30)13-31-33-25(32-21-6-4-3-5-18(21)26(33)34)23-12-16-11-17(29)7-8-22(16)38-23/h3-14H,1-2H3/t14-/m0/s1. The smallest absolute Gasteiger partial charge is 0.346 e. The van der Waals surface area contributed by atoms with Crippen LogP contribution >= 0.6 is 39.1 Å². The van der Waals surface area contributed by atoms with Gasteiger partial charge in [0.25, 0.3) is 5.56 Å². The zero-order valence-corrected chi connectivity index (χ0v) is 23.0. The van der Waals surface area contributed by atoms with E-state index < -0.39 is 12.1 Å². The van der Waals surface area contributed by atoms with Gasteiger partial charge in [-0.1, -0.05) is 35.3 Å². The molecule has 0 radical (unpaired) electrons. The highest BCUT2D eigenvalue weighted by Crippen LogP contribution is 2.35. The Morgan fingerprint density at radius 2 is 1.95 bits per heavy atom. The molecule has 0 aliphatic heterocycles. The van der Waals surface area contributed by atoms with E-state index in [0.717, 1.165) is 5.39 Å². The summed E-state index contributed by atoms with van der Waals surface area (Å²) < 4.78 is 18.0. The van der Waals surface area contributed by atoms with E-state index in [1.54, 1.807) is 67.6 Å². The van der Waals surface area contributed by atoms with Gasteiger partial charge in [0, 0.05) is 10.4 Å². The third kappa shape index (κ3) is 5.05. The Kier molecular flexibility index (Phi) is 7.25. The summed E-state index contributed by atoms with van der Waals surface area (Å²) in [4.78, 5) is 29.9. The molecule has 3 aromatic carbocycles. The summed E-state index contributed by atoms with van der Waals surface area (Å²) in [6, 6.07) is 17.3. The lowest BCUT2D eigenvalue weighted by Crippen LogP contribution is -2.25. The number of methoxy groups -OCH3 is 1. The number of ether oxygens (including phenoxy) is 2. The molecule has 0 N–H and O–H groups in total. The van der Waals surface area contributed by atoms with Crippen LogP contribution in [0.25, 0.3) is 33.5 Å². The Hall–Kier alpha value is -3.66. The van der Waals surface area contributed by atoms with Crippen LogP contribution < -0.4 is 10.3 Å². The maximum absolute atomic E-state index is 13.5. The second-order valence-electron chi connectivity index (χ2n) is 8.20. The topological polar surface area (TPSA) is 95.9 Å². The lowest BCUT2D eigenvalue weighted by atomic mass is 10.2. The number of fused-ring (bicyclic) bond motifs is 2. The van der Waals surface area contributed by atoms with Gasteiger partial charge in [-0.2, -0.15) is 9.78 Å². The lowest BCUT2D eigenvalue weighted by molar-refractivity contribution is -0.147. The zero-order chi connectivity index (χ0) is 27.0. The van der Waals surface area contributed by atoms with Gasteiger partial charge >= 0.3 is 5.97 Å². The van der Waals surface area contributed by atoms with Crippen LogP contribution in [-0.4, -0.2) is 35.1 Å². The maximum Gasteiger partial charge on any atom is 0.346 e. The van der Waals surface area contributed by atoms with Gasteiger partial charge in [0.05, 0.1) is 33.7 Å². The molecule has 1 atom stereocenters. The van der Waals surface area contributed by atoms with Gasteiger partial charge in [-0.05, 0) is 76.9 Å². The Balaban J connectivity index is 1.59. The van der Waals surface area contributed by atoms with Gasteiger partial charge in [-0.25, -0.2) is 9.78 Å². The molecule has 0 amide bonds. The van der Waals surface area contributed by atoms with Crippen molar-refractivity contribution in [2.45, 2.75) is 13.0 Å². The van der Waals surface area contributed by atoms with Crippen LogP contribution in [0.15, 0.2) is 79.4 Å². The van der Waals surface area contributed by atoms with Gasteiger partial charge < -0.3 is 13.9 Å². The van der Waals surface area contributed by atoms with Crippen LogP contribution in [0.1, 0.15) is 12.5 Å². The van der Waals surface area contributed by atoms with E-state index in [-0.39, 0.29) is 22.2 Å². The van der Waals surface area contributed by atoms with Crippen molar-refractivity contribution in [1.82, 2.24) is 9.66 Å². The van der Waals surface area contributed by atoms with Crippen molar-refractivity contribution in [3.8, 4) is 17.3 Å². The van der Waals surface area contributed by atoms with E-state index >= 15 is 0 Å². The van der Waals surface area contributed by atoms with Crippen LogP contribution in [0.2, 0.25) is 10.0 Å². The van der Waals surface area contributed by atoms with Gasteiger partial charge in [0.15, 0.2) is 17.6 Å². The molecule has 11 heteroatoms. The van der Waals surface area contributed by atoms with Gasteiger partial charge in [-0.15, -0.1) is 0 Å². The number of carbonyl (C=O) groups excluding carboxylic acids is 1. The molecule has 0 saturated carbocycles. The minimum absolute atomic E-state index is 0.217. The molecule has 0 aliphatic carbocycles. The van der Waals surface area contributed by atoms with Crippen LogP contribution in [0.5, 0.6) is 5.75 Å². The van der Waals surface area contributed by atoms with Crippen molar-refractivity contribution in [3.63, 3.8) is 0 Å². The highest BCUT2D eigenvalue weighted by molar-refractivity contribution is 9.10. The van der Waals surface area contributed by atoms with Gasteiger partial charge in [0.1, 0.15) is 5.58 Å². The van der Waals surface area contributed by atoms with Crippen molar-refractivity contribution in [3.05, 3.63) is 91.1 Å². The molecule has 0 aliphatic rings. The first-order valence-corrected chi connectivity index (χ1v) is 12.8. The minimum Gasteiger partial charge on any atom is -0.476 e. The number of nitrogens with zero attached hydrogens (tertiary/aromatic N) is 3. The first-order chi connectivity index (χ1) is 18.2. The molecule has 0 bridgehead atoms. The van der Waals surface area contributed by atoms with Crippen molar-refractivity contribution >= 4 is 73.2 Å². The Morgan fingerprint density at radius 1 is 1.16 bits per heavy atom. The molecule has 0 saturated heterocycles. The first kappa shape index (κ1) is 26.0. The van der Waals surface area contributed by atoms with Crippen molar-refractivity contribution < 1.29 is 18.7 Å². The summed E-state index contributed by atoms with van der Waals surface area (Å²) in [5.74, 6) is 0.298. The van der Waals surface area contributed by atoms with E-state index in [1.165, 1.54) is 18.0 Å². The fourth-order valence-corrected chi connectivity index (χ4v) is 4.93. The average molecular weight is 615 g/mol. The number of para-hydroxylation sites is 1. The number of hydrogen-bond donors (Lipinski definition) is 0. The largest absolute Gasteiger partial charge is 0.476 e. The molecule has 2 aromatic heterocycles. The highest BCUT2D eigenvalue weighted by Gasteiger charge is 2.20. The van der Waals surface area contributed by atoms with Crippen molar-refractivity contribution in [2.75, 3.05) is 7.11 Å². The fraction of sp³-hybridized carbons (Fsp3) is 0.111. The lowest BCUT2D eigenvalue weighted by Gasteiger charge is -2.15. The summed E-state index contributed by atoms with van der Waals surface area (Å²) in [5.41, 5.74) is 1.28. The second kappa shape index (κ2) is 10.6. The monoisotopic (exact) mass is 613 g/mol. The molecule has 192 valence electrons. The number of halogens is 3. The highest BCUT2D eigenvalue weighted by atomic mass is 79.9. The van der Waals surface area contributed by atoms with Gasteiger partial charge in [-0.3, -0.25) is 4.79 Å². The fourth-order valence-electron chi connectivity index (χ4n) is 3.80. The van der Waals surface area contributed by atoms with E-state index in [1.807, 2.05) is 0 Å². The molecule has 8 nitrogen and oxygen atoms in total.